The molecule has 0 N–H and O–H groups in total. The molecule has 3 aromatic rings. The Hall–Kier alpha value is -2.94. The third-order valence-corrected chi connectivity index (χ3v) is 4.23. The summed E-state index contributed by atoms with van der Waals surface area (Å²) in [7, 11) is 3.43. The zero-order valence-electron chi connectivity index (χ0n) is 14.7. The molecule has 0 unspecified atom stereocenters. The molecule has 0 atom stereocenters. The van der Waals surface area contributed by atoms with Gasteiger partial charge in [0.05, 0.1) is 14.2 Å². The smallest absolute Gasteiger partial charge is 0.123 e. The maximum Gasteiger partial charge on any atom is 0.123 e. The summed E-state index contributed by atoms with van der Waals surface area (Å²) in [6.45, 7) is 1.51. The number of hydrogen-bond acceptors (Lipinski definition) is 3. The Balaban J connectivity index is 1.93. The van der Waals surface area contributed by atoms with Crippen LogP contribution >= 0.6 is 0 Å². The van der Waals surface area contributed by atoms with Crippen LogP contribution in [0.15, 0.2) is 78.9 Å². The van der Waals surface area contributed by atoms with Crippen molar-refractivity contribution in [3.63, 3.8) is 0 Å². The van der Waals surface area contributed by atoms with Crippen LogP contribution in [0, 0.1) is 0 Å². The van der Waals surface area contributed by atoms with Crippen LogP contribution in [0.1, 0.15) is 11.1 Å². The largest absolute Gasteiger partial charge is 0.496 e. The molecule has 0 fully saturated rings. The van der Waals surface area contributed by atoms with E-state index >= 15 is 0 Å². The monoisotopic (exact) mass is 333 g/mol. The van der Waals surface area contributed by atoms with Crippen molar-refractivity contribution < 1.29 is 9.47 Å². The molecule has 3 aromatic carbocycles. The molecule has 0 spiro atoms. The maximum atomic E-state index is 5.53. The lowest BCUT2D eigenvalue weighted by molar-refractivity contribution is 0.406. The lowest BCUT2D eigenvalue weighted by atomic mass is 10.1. The predicted octanol–water partition coefficient (Wildman–Crippen LogP) is 4.91. The summed E-state index contributed by atoms with van der Waals surface area (Å²) >= 11 is 0. The molecule has 128 valence electrons. The van der Waals surface area contributed by atoms with E-state index in [0.717, 1.165) is 35.7 Å². The fraction of sp³-hybridized carbons (Fsp3) is 0.182. The van der Waals surface area contributed by atoms with Crippen LogP contribution in [0.4, 0.5) is 5.69 Å². The number of anilines is 1. The average molecular weight is 333 g/mol. The molecule has 0 saturated carbocycles. The van der Waals surface area contributed by atoms with E-state index in [1.54, 1.807) is 14.2 Å². The van der Waals surface area contributed by atoms with Crippen molar-refractivity contribution in [2.45, 2.75) is 13.1 Å². The molecular weight excluding hydrogens is 310 g/mol. The number of benzene rings is 3. The van der Waals surface area contributed by atoms with Crippen LogP contribution in [0.3, 0.4) is 0 Å². The predicted molar refractivity (Wildman–Crippen MR) is 102 cm³/mol. The average Bonchev–Trinajstić information content (AvgIpc) is 2.69. The molecule has 3 nitrogen and oxygen atoms in total. The molecule has 0 bridgehead atoms. The van der Waals surface area contributed by atoms with Gasteiger partial charge < -0.3 is 14.4 Å². The fourth-order valence-corrected chi connectivity index (χ4v) is 2.96. The van der Waals surface area contributed by atoms with Crippen molar-refractivity contribution in [1.82, 2.24) is 0 Å². The highest BCUT2D eigenvalue weighted by Crippen LogP contribution is 2.27. The Morgan fingerprint density at radius 3 is 1.52 bits per heavy atom. The van der Waals surface area contributed by atoms with Gasteiger partial charge in [-0.15, -0.1) is 0 Å². The number of hydrogen-bond donors (Lipinski definition) is 0. The van der Waals surface area contributed by atoms with Gasteiger partial charge in [-0.25, -0.2) is 0 Å². The van der Waals surface area contributed by atoms with E-state index in [9.17, 15) is 0 Å². The van der Waals surface area contributed by atoms with Gasteiger partial charge in [0.1, 0.15) is 11.5 Å². The second-order valence-corrected chi connectivity index (χ2v) is 5.82. The second kappa shape index (κ2) is 8.25. The van der Waals surface area contributed by atoms with Gasteiger partial charge in [0.15, 0.2) is 0 Å². The molecule has 0 amide bonds. The van der Waals surface area contributed by atoms with Crippen molar-refractivity contribution >= 4 is 5.69 Å². The molecule has 0 heterocycles. The molecule has 3 rings (SSSR count). The Morgan fingerprint density at radius 2 is 1.04 bits per heavy atom. The van der Waals surface area contributed by atoms with E-state index in [1.807, 2.05) is 42.5 Å². The molecule has 0 aliphatic rings. The zero-order chi connectivity index (χ0) is 17.5. The highest BCUT2D eigenvalue weighted by atomic mass is 16.5. The number of methoxy groups -OCH3 is 2. The van der Waals surface area contributed by atoms with Crippen LogP contribution < -0.4 is 14.4 Å². The molecular formula is C22H23NO2. The molecule has 3 heteroatoms. The van der Waals surface area contributed by atoms with Crippen LogP contribution in [0.2, 0.25) is 0 Å². The van der Waals surface area contributed by atoms with Gasteiger partial charge in [-0.2, -0.15) is 0 Å². The quantitative estimate of drug-likeness (QED) is 0.613. The van der Waals surface area contributed by atoms with Crippen molar-refractivity contribution in [3.8, 4) is 11.5 Å². The topological polar surface area (TPSA) is 21.7 Å². The standard InChI is InChI=1S/C22H23NO2/c1-24-21-14-8-6-10-18(21)16-23(20-12-4-3-5-13-20)17-19-11-7-9-15-22(19)25-2/h3-15H,16-17H2,1-2H3. The third kappa shape index (κ3) is 4.13. The van der Waals surface area contributed by atoms with Gasteiger partial charge in [0, 0.05) is 29.9 Å². The van der Waals surface area contributed by atoms with Crippen molar-refractivity contribution in [1.29, 1.82) is 0 Å². The first-order valence-electron chi connectivity index (χ1n) is 8.35. The van der Waals surface area contributed by atoms with E-state index in [-0.39, 0.29) is 0 Å². The van der Waals surface area contributed by atoms with E-state index < -0.39 is 0 Å². The number of ether oxygens (including phenoxy) is 2. The Morgan fingerprint density at radius 1 is 0.600 bits per heavy atom. The molecule has 25 heavy (non-hydrogen) atoms. The lowest BCUT2D eigenvalue weighted by Crippen LogP contribution is -2.22. The summed E-state index contributed by atoms with van der Waals surface area (Å²) in [5, 5.41) is 0. The first kappa shape index (κ1) is 16.9. The highest BCUT2D eigenvalue weighted by Gasteiger charge is 2.13. The third-order valence-electron chi connectivity index (χ3n) is 4.23. The number of rotatable bonds is 7. The summed E-state index contributed by atoms with van der Waals surface area (Å²) < 4.78 is 11.1. The highest BCUT2D eigenvalue weighted by molar-refractivity contribution is 5.50. The Bertz CT molecular complexity index is 752. The summed E-state index contributed by atoms with van der Waals surface area (Å²) in [5.41, 5.74) is 3.48. The van der Waals surface area contributed by atoms with Crippen molar-refractivity contribution in [2.24, 2.45) is 0 Å². The molecule has 0 radical (unpaired) electrons. The van der Waals surface area contributed by atoms with Crippen molar-refractivity contribution in [2.75, 3.05) is 19.1 Å². The summed E-state index contributed by atoms with van der Waals surface area (Å²) in [6.07, 6.45) is 0. The second-order valence-electron chi connectivity index (χ2n) is 5.82. The number of para-hydroxylation sites is 3. The number of nitrogens with zero attached hydrogens (tertiary/aromatic N) is 1. The SMILES string of the molecule is COc1ccccc1CN(Cc1ccccc1OC)c1ccccc1. The van der Waals surface area contributed by atoms with Gasteiger partial charge in [-0.05, 0) is 24.3 Å². The van der Waals surface area contributed by atoms with Gasteiger partial charge in [0.25, 0.3) is 0 Å². The van der Waals surface area contributed by atoms with E-state index in [2.05, 4.69) is 41.3 Å². The molecule has 0 saturated heterocycles. The first-order chi connectivity index (χ1) is 12.3. The van der Waals surface area contributed by atoms with E-state index in [0.29, 0.717) is 0 Å². The molecule has 0 aliphatic heterocycles. The zero-order valence-corrected chi connectivity index (χ0v) is 14.7. The minimum atomic E-state index is 0.756. The van der Waals surface area contributed by atoms with E-state index in [4.69, 9.17) is 9.47 Å². The Kier molecular flexibility index (Phi) is 5.57. The Labute approximate surface area is 149 Å². The van der Waals surface area contributed by atoms with Gasteiger partial charge in [-0.3, -0.25) is 0 Å². The van der Waals surface area contributed by atoms with Crippen molar-refractivity contribution in [3.05, 3.63) is 90.0 Å². The first-order valence-corrected chi connectivity index (χ1v) is 8.35. The molecule has 0 aromatic heterocycles. The van der Waals surface area contributed by atoms with Crippen LogP contribution in [-0.2, 0) is 13.1 Å². The van der Waals surface area contributed by atoms with Gasteiger partial charge in [0.2, 0.25) is 0 Å². The van der Waals surface area contributed by atoms with E-state index in [1.165, 1.54) is 5.69 Å². The summed E-state index contributed by atoms with van der Waals surface area (Å²) in [4.78, 5) is 2.33. The van der Waals surface area contributed by atoms with Crippen LogP contribution in [0.5, 0.6) is 11.5 Å². The maximum absolute atomic E-state index is 5.53. The van der Waals surface area contributed by atoms with Crippen LogP contribution in [0.25, 0.3) is 0 Å². The summed E-state index contributed by atoms with van der Waals surface area (Å²) in [6, 6.07) is 26.7. The molecule has 0 aliphatic carbocycles. The fourth-order valence-electron chi connectivity index (χ4n) is 2.96. The minimum absolute atomic E-state index is 0.756. The lowest BCUT2D eigenvalue weighted by Gasteiger charge is -2.26. The normalized spacial score (nSPS) is 10.3. The van der Waals surface area contributed by atoms with Gasteiger partial charge in [-0.1, -0.05) is 54.6 Å². The summed E-state index contributed by atoms with van der Waals surface area (Å²) in [5.74, 6) is 1.81. The van der Waals surface area contributed by atoms with Crippen LogP contribution in [-0.4, -0.2) is 14.2 Å². The van der Waals surface area contributed by atoms with Gasteiger partial charge >= 0.3 is 0 Å². The minimum Gasteiger partial charge on any atom is -0.496 e.